The van der Waals surface area contributed by atoms with Crippen LogP contribution in [0.1, 0.15) is 5.56 Å². The molecule has 2 rings (SSSR count). The van der Waals surface area contributed by atoms with Gasteiger partial charge in [0.25, 0.3) is 0 Å². The fourth-order valence-corrected chi connectivity index (χ4v) is 4.27. The quantitative estimate of drug-likeness (QED) is 0.274. The molecule has 2 atom stereocenters. The molecule has 0 amide bonds. The molecule has 1 aromatic carbocycles. The maximum atomic E-state index is 14.7. The van der Waals surface area contributed by atoms with Crippen LogP contribution in [0.15, 0.2) is 46.5 Å². The van der Waals surface area contributed by atoms with Gasteiger partial charge in [-0.2, -0.15) is 35.1 Å². The van der Waals surface area contributed by atoms with Gasteiger partial charge in [-0.15, -0.1) is 0 Å². The van der Waals surface area contributed by atoms with Gasteiger partial charge in [-0.05, 0) is 12.1 Å². The minimum absolute atomic E-state index is 0.128. The minimum Gasteiger partial charge on any atom is -0.221 e. The molecule has 0 spiro atoms. The Kier molecular flexibility index (Phi) is 5.84. The van der Waals surface area contributed by atoms with E-state index in [2.05, 4.69) is 31.9 Å². The molecule has 0 aromatic heterocycles. The van der Waals surface area contributed by atoms with Crippen molar-refractivity contribution in [1.82, 2.24) is 0 Å². The van der Waals surface area contributed by atoms with Gasteiger partial charge in [0.15, 0.2) is 0 Å². The highest BCUT2D eigenvalue weighted by Gasteiger charge is 2.82. The summed E-state index contributed by atoms with van der Waals surface area (Å²) in [6, 6.07) is 4.37. The summed E-state index contributed by atoms with van der Waals surface area (Å²) in [5, 5.41) is 0. The molecule has 0 saturated carbocycles. The molecule has 0 N–H and O–H groups in total. The molecule has 0 saturated heterocycles. The Hall–Kier alpha value is -1.04. The monoisotopic (exact) mass is 547 g/mol. The average Bonchev–Trinajstić information content (AvgIpc) is 2.51. The largest absolute Gasteiger partial charge is 0.457 e. The summed E-state index contributed by atoms with van der Waals surface area (Å²) in [5.74, 6) is -7.85. The molecule has 1 aromatic rings. The molecule has 28 heavy (non-hydrogen) atoms. The lowest BCUT2D eigenvalue weighted by Crippen LogP contribution is -2.63. The number of hydrogen-bond acceptors (Lipinski definition) is 0. The van der Waals surface area contributed by atoms with Crippen LogP contribution in [0.4, 0.5) is 43.9 Å². The van der Waals surface area contributed by atoms with Crippen molar-refractivity contribution in [2.75, 3.05) is 0 Å². The Bertz CT molecular complexity index is 823. The first-order chi connectivity index (χ1) is 12.5. The lowest BCUT2D eigenvalue weighted by Gasteiger charge is -2.39. The SMILES string of the molecule is Fc1ccccc1C1(Br)[CH]C(Br)=CC(C(F)(C(F)(F)F)C(F)(F)C(F)(F)F)=C1. The lowest BCUT2D eigenvalue weighted by atomic mass is 9.80. The Morgan fingerprint density at radius 3 is 1.82 bits per heavy atom. The van der Waals surface area contributed by atoms with Crippen LogP contribution in [0.5, 0.6) is 0 Å². The standard InChI is InChI=1S/C16H7Br2F10/c17-9-5-8(6-12(18,7-9)10-3-1-2-4-11(10)19)13(20,15(23,24)25)14(21,22)16(26,27)28/h1-7H. The van der Waals surface area contributed by atoms with Gasteiger partial charge in [0.2, 0.25) is 0 Å². The van der Waals surface area contributed by atoms with Crippen molar-refractivity contribution in [3.63, 3.8) is 0 Å². The summed E-state index contributed by atoms with van der Waals surface area (Å²) in [6.07, 6.45) is -12.3. The van der Waals surface area contributed by atoms with E-state index in [0.29, 0.717) is 0 Å². The fraction of sp³-hybridized carbons (Fsp3) is 0.312. The minimum atomic E-state index is -6.85. The van der Waals surface area contributed by atoms with E-state index in [-0.39, 0.29) is 12.2 Å². The molecule has 155 valence electrons. The first-order valence-electron chi connectivity index (χ1n) is 7.08. The maximum absolute atomic E-state index is 14.7. The molecule has 0 fully saturated rings. The molecule has 0 aliphatic heterocycles. The van der Waals surface area contributed by atoms with Crippen LogP contribution in [0, 0.1) is 12.2 Å². The number of rotatable bonds is 3. The lowest BCUT2D eigenvalue weighted by molar-refractivity contribution is -0.371. The van der Waals surface area contributed by atoms with Gasteiger partial charge in [-0.3, -0.25) is 0 Å². The van der Waals surface area contributed by atoms with Crippen molar-refractivity contribution in [2.24, 2.45) is 0 Å². The second-order valence-corrected chi connectivity index (χ2v) is 7.98. The fourth-order valence-electron chi connectivity index (χ4n) is 2.55. The highest BCUT2D eigenvalue weighted by Crippen LogP contribution is 2.59. The third-order valence-corrected chi connectivity index (χ3v) is 5.21. The number of allylic oxidation sites excluding steroid dienone is 4. The summed E-state index contributed by atoms with van der Waals surface area (Å²) in [7, 11) is 0. The molecule has 1 aliphatic carbocycles. The van der Waals surface area contributed by atoms with Crippen molar-refractivity contribution in [3.05, 3.63) is 64.3 Å². The number of benzene rings is 1. The average molecular weight is 549 g/mol. The summed E-state index contributed by atoms with van der Waals surface area (Å²) in [6.45, 7) is 0. The smallest absolute Gasteiger partial charge is 0.221 e. The van der Waals surface area contributed by atoms with Crippen molar-refractivity contribution in [1.29, 1.82) is 0 Å². The normalized spacial score (nSPS) is 23.7. The van der Waals surface area contributed by atoms with Crippen molar-refractivity contribution in [3.8, 4) is 0 Å². The number of hydrogen-bond donors (Lipinski definition) is 0. The van der Waals surface area contributed by atoms with E-state index in [9.17, 15) is 43.9 Å². The topological polar surface area (TPSA) is 0 Å². The molecular weight excluding hydrogens is 542 g/mol. The Labute approximate surface area is 168 Å². The Balaban J connectivity index is 2.80. The molecule has 1 radical (unpaired) electrons. The molecule has 0 nitrogen and oxygen atoms in total. The molecule has 12 heteroatoms. The van der Waals surface area contributed by atoms with Gasteiger partial charge in [0, 0.05) is 22.0 Å². The summed E-state index contributed by atoms with van der Waals surface area (Å²) < 4.78 is 131. The third-order valence-electron chi connectivity index (χ3n) is 3.87. The van der Waals surface area contributed by atoms with Gasteiger partial charge in [-0.25, -0.2) is 8.78 Å². The van der Waals surface area contributed by atoms with Crippen LogP contribution in [0.3, 0.4) is 0 Å². The van der Waals surface area contributed by atoms with E-state index in [1.54, 1.807) is 0 Å². The molecule has 1 aliphatic rings. The predicted octanol–water partition coefficient (Wildman–Crippen LogP) is 7.31. The van der Waals surface area contributed by atoms with Gasteiger partial charge < -0.3 is 0 Å². The second kappa shape index (κ2) is 7.03. The van der Waals surface area contributed by atoms with Crippen LogP contribution in [-0.2, 0) is 4.32 Å². The highest BCUT2D eigenvalue weighted by atomic mass is 79.9. The molecule has 2 unspecified atom stereocenters. The van der Waals surface area contributed by atoms with Gasteiger partial charge in [0.1, 0.15) is 5.82 Å². The van der Waals surface area contributed by atoms with Gasteiger partial charge >= 0.3 is 23.9 Å². The highest BCUT2D eigenvalue weighted by molar-refractivity contribution is 9.12. The zero-order valence-electron chi connectivity index (χ0n) is 13.1. The van der Waals surface area contributed by atoms with E-state index in [1.165, 1.54) is 12.1 Å². The van der Waals surface area contributed by atoms with Gasteiger partial charge in [0.05, 0.1) is 4.32 Å². The third kappa shape index (κ3) is 3.61. The summed E-state index contributed by atoms with van der Waals surface area (Å²) in [5.41, 5.74) is -8.61. The molecule has 0 bridgehead atoms. The predicted molar refractivity (Wildman–Crippen MR) is 87.3 cm³/mol. The number of alkyl halides is 10. The van der Waals surface area contributed by atoms with Crippen molar-refractivity contribution < 1.29 is 43.9 Å². The second-order valence-electron chi connectivity index (χ2n) is 5.75. The summed E-state index contributed by atoms with van der Waals surface area (Å²) >= 11 is 5.46. The van der Waals surface area contributed by atoms with E-state index in [4.69, 9.17) is 0 Å². The van der Waals surface area contributed by atoms with Crippen LogP contribution in [-0.4, -0.2) is 23.9 Å². The maximum Gasteiger partial charge on any atom is 0.457 e. The Morgan fingerprint density at radius 2 is 1.36 bits per heavy atom. The van der Waals surface area contributed by atoms with Crippen LogP contribution in [0.25, 0.3) is 0 Å². The van der Waals surface area contributed by atoms with Crippen molar-refractivity contribution in [2.45, 2.75) is 28.3 Å². The van der Waals surface area contributed by atoms with E-state index in [0.717, 1.165) is 18.6 Å². The first-order valence-corrected chi connectivity index (χ1v) is 8.66. The van der Waals surface area contributed by atoms with Gasteiger partial charge in [-0.1, -0.05) is 56.1 Å². The van der Waals surface area contributed by atoms with Crippen LogP contribution < -0.4 is 0 Å². The van der Waals surface area contributed by atoms with Crippen LogP contribution in [0.2, 0.25) is 0 Å². The van der Waals surface area contributed by atoms with Crippen molar-refractivity contribution >= 4 is 31.9 Å². The first kappa shape index (κ1) is 23.2. The zero-order chi connectivity index (χ0) is 21.8. The van der Waals surface area contributed by atoms with E-state index < -0.39 is 49.7 Å². The number of halogens is 12. The zero-order valence-corrected chi connectivity index (χ0v) is 16.2. The summed E-state index contributed by atoms with van der Waals surface area (Å²) in [4.78, 5) is 0. The van der Waals surface area contributed by atoms with E-state index >= 15 is 0 Å². The molecular formula is C16H7Br2F10. The van der Waals surface area contributed by atoms with E-state index in [1.807, 2.05) is 0 Å². The van der Waals surface area contributed by atoms with Crippen LogP contribution >= 0.6 is 31.9 Å². The molecule has 0 heterocycles. The Morgan fingerprint density at radius 1 is 0.821 bits per heavy atom.